The topological polar surface area (TPSA) is 46.6 Å². The molecule has 0 fully saturated rings. The van der Waals surface area contributed by atoms with Crippen LogP contribution in [-0.2, 0) is 10.0 Å². The van der Waals surface area contributed by atoms with Crippen molar-refractivity contribution >= 4 is 26.0 Å². The fraction of sp³-hybridized carbons (Fsp3) is 0.500. The molecule has 18 heavy (non-hydrogen) atoms. The van der Waals surface area contributed by atoms with Crippen LogP contribution in [0.25, 0.3) is 0 Å². The summed E-state index contributed by atoms with van der Waals surface area (Å²) in [5, 5.41) is 0. The van der Waals surface area contributed by atoms with Crippen LogP contribution in [0.3, 0.4) is 0 Å². The lowest BCUT2D eigenvalue weighted by Gasteiger charge is -2.18. The number of nitrogens with zero attached hydrogens (tertiary/aromatic N) is 1. The summed E-state index contributed by atoms with van der Waals surface area (Å²) in [7, 11) is -0.443. The normalized spacial score (nSPS) is 11.8. The van der Waals surface area contributed by atoms with Gasteiger partial charge in [0.05, 0.1) is 7.11 Å². The van der Waals surface area contributed by atoms with E-state index in [0.717, 1.165) is 12.8 Å². The maximum atomic E-state index is 12.4. The van der Waals surface area contributed by atoms with E-state index < -0.39 is 10.0 Å². The highest BCUT2D eigenvalue weighted by molar-refractivity contribution is 9.10. The second kappa shape index (κ2) is 6.54. The lowest BCUT2D eigenvalue weighted by Crippen LogP contribution is -2.28. The maximum Gasteiger partial charge on any atom is 0.246 e. The molecule has 0 unspecified atom stereocenters. The van der Waals surface area contributed by atoms with Crippen molar-refractivity contribution in [3.8, 4) is 5.75 Å². The third kappa shape index (κ3) is 3.46. The van der Waals surface area contributed by atoms with Gasteiger partial charge in [-0.2, -0.15) is 0 Å². The molecule has 0 aromatic heterocycles. The van der Waals surface area contributed by atoms with Gasteiger partial charge in [-0.25, -0.2) is 12.7 Å². The van der Waals surface area contributed by atoms with Gasteiger partial charge in [-0.05, 0) is 24.6 Å². The molecule has 0 amide bonds. The van der Waals surface area contributed by atoms with Crippen LogP contribution in [0.1, 0.15) is 19.8 Å². The number of benzene rings is 1. The Balaban J connectivity index is 3.14. The van der Waals surface area contributed by atoms with E-state index in [1.165, 1.54) is 11.4 Å². The Hall–Kier alpha value is -0.590. The Kier molecular flexibility index (Phi) is 5.62. The summed E-state index contributed by atoms with van der Waals surface area (Å²) >= 11 is 3.28. The lowest BCUT2D eigenvalue weighted by atomic mass is 10.3. The van der Waals surface area contributed by atoms with E-state index in [4.69, 9.17) is 4.74 Å². The smallest absolute Gasteiger partial charge is 0.246 e. The van der Waals surface area contributed by atoms with E-state index in [9.17, 15) is 8.42 Å². The molecule has 0 aliphatic rings. The molecule has 0 aliphatic heterocycles. The van der Waals surface area contributed by atoms with Crippen molar-refractivity contribution in [2.75, 3.05) is 20.7 Å². The van der Waals surface area contributed by atoms with Gasteiger partial charge in [0, 0.05) is 18.1 Å². The molecule has 0 saturated heterocycles. The summed E-state index contributed by atoms with van der Waals surface area (Å²) in [5.41, 5.74) is 0. The molecule has 0 heterocycles. The SMILES string of the molecule is CCCCN(C)S(=O)(=O)c1cc(Br)ccc1OC. The molecule has 6 heteroatoms. The van der Waals surface area contributed by atoms with Crippen LogP contribution in [-0.4, -0.2) is 33.4 Å². The number of unbranched alkanes of at least 4 members (excludes halogenated alkanes) is 1. The summed E-state index contributed by atoms with van der Waals surface area (Å²) in [6.07, 6.45) is 1.79. The summed E-state index contributed by atoms with van der Waals surface area (Å²) in [6.45, 7) is 2.54. The number of ether oxygens (including phenoxy) is 1. The highest BCUT2D eigenvalue weighted by atomic mass is 79.9. The summed E-state index contributed by atoms with van der Waals surface area (Å²) in [6, 6.07) is 4.96. The van der Waals surface area contributed by atoms with Crippen LogP contribution in [0.5, 0.6) is 5.75 Å². The second-order valence-electron chi connectivity index (χ2n) is 3.98. The molecule has 1 rings (SSSR count). The first-order valence-electron chi connectivity index (χ1n) is 5.73. The summed E-state index contributed by atoms with van der Waals surface area (Å²) in [4.78, 5) is 0.193. The van der Waals surface area contributed by atoms with E-state index >= 15 is 0 Å². The first-order valence-corrected chi connectivity index (χ1v) is 7.96. The quantitative estimate of drug-likeness (QED) is 0.802. The van der Waals surface area contributed by atoms with Crippen molar-refractivity contribution in [1.82, 2.24) is 4.31 Å². The number of methoxy groups -OCH3 is 1. The third-order valence-corrected chi connectivity index (χ3v) is 5.01. The molecule has 0 radical (unpaired) electrons. The van der Waals surface area contributed by atoms with Crippen molar-refractivity contribution in [3.63, 3.8) is 0 Å². The zero-order valence-corrected chi connectivity index (χ0v) is 13.2. The van der Waals surface area contributed by atoms with E-state index in [1.54, 1.807) is 25.2 Å². The highest BCUT2D eigenvalue weighted by Gasteiger charge is 2.24. The molecule has 102 valence electrons. The van der Waals surface area contributed by atoms with Crippen molar-refractivity contribution in [2.45, 2.75) is 24.7 Å². The summed E-state index contributed by atoms with van der Waals surface area (Å²) < 4.78 is 32.0. The number of hydrogen-bond acceptors (Lipinski definition) is 3. The maximum absolute atomic E-state index is 12.4. The monoisotopic (exact) mass is 335 g/mol. The Bertz CT molecular complexity index is 502. The molecule has 1 aromatic rings. The van der Waals surface area contributed by atoms with Gasteiger partial charge >= 0.3 is 0 Å². The van der Waals surface area contributed by atoms with E-state index in [0.29, 0.717) is 16.8 Å². The van der Waals surface area contributed by atoms with Gasteiger partial charge in [-0.15, -0.1) is 0 Å². The van der Waals surface area contributed by atoms with E-state index in [-0.39, 0.29) is 4.90 Å². The van der Waals surface area contributed by atoms with E-state index in [2.05, 4.69) is 15.9 Å². The molecule has 0 aliphatic carbocycles. The summed E-state index contributed by atoms with van der Waals surface area (Å²) in [5.74, 6) is 0.363. The van der Waals surface area contributed by atoms with Crippen molar-refractivity contribution < 1.29 is 13.2 Å². The van der Waals surface area contributed by atoms with E-state index in [1.807, 2.05) is 6.92 Å². The van der Waals surface area contributed by atoms with Crippen molar-refractivity contribution in [2.24, 2.45) is 0 Å². The fourth-order valence-electron chi connectivity index (χ4n) is 1.52. The van der Waals surface area contributed by atoms with Gasteiger partial charge < -0.3 is 4.74 Å². The van der Waals surface area contributed by atoms with Crippen LogP contribution in [0, 0.1) is 0 Å². The lowest BCUT2D eigenvalue weighted by molar-refractivity contribution is 0.397. The minimum atomic E-state index is -3.50. The van der Waals surface area contributed by atoms with Crippen LogP contribution in [0.15, 0.2) is 27.6 Å². The van der Waals surface area contributed by atoms with Crippen LogP contribution in [0.4, 0.5) is 0 Å². The Morgan fingerprint density at radius 2 is 2.06 bits per heavy atom. The highest BCUT2D eigenvalue weighted by Crippen LogP contribution is 2.29. The van der Waals surface area contributed by atoms with Crippen molar-refractivity contribution in [3.05, 3.63) is 22.7 Å². The Labute approximate surface area is 117 Å². The minimum Gasteiger partial charge on any atom is -0.495 e. The predicted octanol–water partition coefficient (Wildman–Crippen LogP) is 2.88. The molecule has 0 atom stereocenters. The molecular weight excluding hydrogens is 318 g/mol. The number of halogens is 1. The van der Waals surface area contributed by atoms with Gasteiger partial charge in [0.2, 0.25) is 10.0 Å². The number of hydrogen-bond donors (Lipinski definition) is 0. The van der Waals surface area contributed by atoms with Crippen molar-refractivity contribution in [1.29, 1.82) is 0 Å². The van der Waals surface area contributed by atoms with Gasteiger partial charge in [0.25, 0.3) is 0 Å². The third-order valence-electron chi connectivity index (χ3n) is 2.64. The first-order chi connectivity index (χ1) is 8.43. The Morgan fingerprint density at radius 1 is 1.39 bits per heavy atom. The van der Waals surface area contributed by atoms with Gasteiger partial charge in [0.15, 0.2) is 0 Å². The van der Waals surface area contributed by atoms with Gasteiger partial charge in [0.1, 0.15) is 10.6 Å². The predicted molar refractivity (Wildman–Crippen MR) is 75.4 cm³/mol. The molecule has 0 saturated carbocycles. The standard InChI is InChI=1S/C12H18BrNO3S/c1-4-5-8-14(2)18(15,16)12-9-10(13)6-7-11(12)17-3/h6-7,9H,4-5,8H2,1-3H3. The molecule has 4 nitrogen and oxygen atoms in total. The van der Waals surface area contributed by atoms with Crippen LogP contribution >= 0.6 is 15.9 Å². The van der Waals surface area contributed by atoms with Crippen LogP contribution < -0.4 is 4.74 Å². The van der Waals surface area contributed by atoms with Gasteiger partial charge in [-0.1, -0.05) is 29.3 Å². The minimum absolute atomic E-state index is 0.193. The molecule has 0 bridgehead atoms. The zero-order chi connectivity index (χ0) is 13.8. The van der Waals surface area contributed by atoms with Gasteiger partial charge in [-0.3, -0.25) is 0 Å². The Morgan fingerprint density at radius 3 is 2.61 bits per heavy atom. The number of rotatable bonds is 6. The molecular formula is C12H18BrNO3S. The first kappa shape index (κ1) is 15.5. The largest absolute Gasteiger partial charge is 0.495 e. The average Bonchev–Trinajstić information content (AvgIpc) is 2.35. The second-order valence-corrected chi connectivity index (χ2v) is 6.90. The molecule has 0 N–H and O–H groups in total. The fourth-order valence-corrected chi connectivity index (χ4v) is 3.42. The zero-order valence-electron chi connectivity index (χ0n) is 10.8. The molecule has 0 spiro atoms. The average molecular weight is 336 g/mol. The molecule has 1 aromatic carbocycles. The van der Waals surface area contributed by atoms with Crippen LogP contribution in [0.2, 0.25) is 0 Å². The number of sulfonamides is 1.